The van der Waals surface area contributed by atoms with Crippen LogP contribution in [0.5, 0.6) is 11.5 Å². The Labute approximate surface area is 135 Å². The van der Waals surface area contributed by atoms with Gasteiger partial charge in [0, 0.05) is 0 Å². The maximum Gasteiger partial charge on any atom is 0.132 e. The molecule has 1 atom stereocenters. The van der Waals surface area contributed by atoms with E-state index in [0.29, 0.717) is 11.7 Å². The van der Waals surface area contributed by atoms with Crippen LogP contribution in [0.3, 0.4) is 0 Å². The zero-order valence-electron chi connectivity index (χ0n) is 12.5. The summed E-state index contributed by atoms with van der Waals surface area (Å²) in [4.78, 5) is 0. The number of allylic oxidation sites excluding steroid dienone is 1. The van der Waals surface area contributed by atoms with E-state index in [-0.39, 0.29) is 5.41 Å². The van der Waals surface area contributed by atoms with Gasteiger partial charge in [-0.2, -0.15) is 0 Å². The molecule has 0 bridgehead atoms. The molecule has 0 spiro atoms. The highest BCUT2D eigenvalue weighted by molar-refractivity contribution is 14.1. The van der Waals surface area contributed by atoms with Crippen molar-refractivity contribution in [1.29, 1.82) is 0 Å². The van der Waals surface area contributed by atoms with Gasteiger partial charge in [-0.15, -0.1) is 0 Å². The molecular formula is C17H23IO2. The fourth-order valence-corrected chi connectivity index (χ4v) is 3.89. The molecular weight excluding hydrogens is 363 g/mol. The standard InChI is InChI=1S/C17H23IO2/c1-11-6-5-7-17(2,3)13(11)8-12-9-16(20-4)14(18)10-15(12)19/h9-10,13,19H,1,5-8H2,2-4H3. The minimum absolute atomic E-state index is 0.248. The van der Waals surface area contributed by atoms with E-state index in [0.717, 1.165) is 27.7 Å². The van der Waals surface area contributed by atoms with E-state index in [1.54, 1.807) is 13.2 Å². The van der Waals surface area contributed by atoms with Gasteiger partial charge >= 0.3 is 0 Å². The summed E-state index contributed by atoms with van der Waals surface area (Å²) in [5.74, 6) is 1.62. The molecule has 0 radical (unpaired) electrons. The van der Waals surface area contributed by atoms with E-state index in [4.69, 9.17) is 4.74 Å². The van der Waals surface area contributed by atoms with Gasteiger partial charge in [-0.3, -0.25) is 0 Å². The van der Waals surface area contributed by atoms with Crippen molar-refractivity contribution in [2.45, 2.75) is 39.5 Å². The van der Waals surface area contributed by atoms with Crippen LogP contribution in [0.2, 0.25) is 0 Å². The first-order valence-corrected chi connectivity index (χ1v) is 8.16. The maximum atomic E-state index is 10.2. The molecule has 1 N–H and O–H groups in total. The van der Waals surface area contributed by atoms with Crippen LogP contribution in [0.25, 0.3) is 0 Å². The first-order chi connectivity index (χ1) is 9.35. The Hall–Kier alpha value is -0.710. The Balaban J connectivity index is 2.31. The van der Waals surface area contributed by atoms with Crippen LogP contribution in [0, 0.1) is 14.9 Å². The van der Waals surface area contributed by atoms with Gasteiger partial charge < -0.3 is 9.84 Å². The van der Waals surface area contributed by atoms with E-state index in [1.807, 2.05) is 6.07 Å². The lowest BCUT2D eigenvalue weighted by Gasteiger charge is -2.40. The highest BCUT2D eigenvalue weighted by Gasteiger charge is 2.35. The predicted octanol–water partition coefficient (Wildman–Crippen LogP) is 4.93. The van der Waals surface area contributed by atoms with E-state index < -0.39 is 0 Å². The lowest BCUT2D eigenvalue weighted by atomic mass is 9.65. The summed E-state index contributed by atoms with van der Waals surface area (Å²) < 4.78 is 6.31. The molecule has 2 nitrogen and oxygen atoms in total. The summed E-state index contributed by atoms with van der Waals surface area (Å²) in [7, 11) is 1.67. The molecule has 2 rings (SSSR count). The average molecular weight is 386 g/mol. The molecule has 1 saturated carbocycles. The molecule has 0 amide bonds. The van der Waals surface area contributed by atoms with Gasteiger partial charge in [0.15, 0.2) is 0 Å². The van der Waals surface area contributed by atoms with Gasteiger partial charge in [0.25, 0.3) is 0 Å². The number of aromatic hydroxyl groups is 1. The molecule has 1 aliphatic rings. The number of phenolic OH excluding ortho intramolecular Hbond substituents is 1. The van der Waals surface area contributed by atoms with E-state index >= 15 is 0 Å². The van der Waals surface area contributed by atoms with Crippen molar-refractivity contribution in [2.75, 3.05) is 7.11 Å². The summed E-state index contributed by atoms with van der Waals surface area (Å²) in [5.41, 5.74) is 2.53. The Kier molecular flexibility index (Phi) is 4.67. The molecule has 20 heavy (non-hydrogen) atoms. The van der Waals surface area contributed by atoms with E-state index in [2.05, 4.69) is 43.0 Å². The highest BCUT2D eigenvalue weighted by Crippen LogP contribution is 2.46. The van der Waals surface area contributed by atoms with Crippen molar-refractivity contribution < 1.29 is 9.84 Å². The summed E-state index contributed by atoms with van der Waals surface area (Å²) in [5, 5.41) is 10.2. The monoisotopic (exact) mass is 386 g/mol. The summed E-state index contributed by atoms with van der Waals surface area (Å²) in [6.07, 6.45) is 4.39. The third-order valence-corrected chi connectivity index (χ3v) is 5.38. The Bertz CT molecular complexity index is 520. The van der Waals surface area contributed by atoms with Gasteiger partial charge in [-0.05, 0) is 77.3 Å². The van der Waals surface area contributed by atoms with Crippen LogP contribution in [0.15, 0.2) is 24.3 Å². The van der Waals surface area contributed by atoms with Crippen LogP contribution < -0.4 is 4.74 Å². The second kappa shape index (κ2) is 5.96. The van der Waals surface area contributed by atoms with Gasteiger partial charge in [0.2, 0.25) is 0 Å². The summed E-state index contributed by atoms with van der Waals surface area (Å²) >= 11 is 2.18. The van der Waals surface area contributed by atoms with Crippen molar-refractivity contribution >= 4 is 22.6 Å². The van der Waals surface area contributed by atoms with Crippen molar-refractivity contribution in [3.63, 3.8) is 0 Å². The van der Waals surface area contributed by atoms with Gasteiger partial charge in [-0.25, -0.2) is 0 Å². The van der Waals surface area contributed by atoms with E-state index in [1.165, 1.54) is 18.4 Å². The second-order valence-electron chi connectivity index (χ2n) is 6.37. The van der Waals surface area contributed by atoms with Crippen molar-refractivity contribution in [2.24, 2.45) is 11.3 Å². The number of benzene rings is 1. The molecule has 110 valence electrons. The molecule has 1 fully saturated rings. The molecule has 0 saturated heterocycles. The smallest absolute Gasteiger partial charge is 0.132 e. The number of phenols is 1. The van der Waals surface area contributed by atoms with Crippen LogP contribution in [-0.4, -0.2) is 12.2 Å². The Morgan fingerprint density at radius 1 is 1.45 bits per heavy atom. The number of hydrogen-bond donors (Lipinski definition) is 1. The topological polar surface area (TPSA) is 29.5 Å². The zero-order valence-corrected chi connectivity index (χ0v) is 14.7. The van der Waals surface area contributed by atoms with Crippen molar-refractivity contribution in [1.82, 2.24) is 0 Å². The molecule has 0 aromatic heterocycles. The Morgan fingerprint density at radius 2 is 2.15 bits per heavy atom. The van der Waals surface area contributed by atoms with E-state index in [9.17, 15) is 5.11 Å². The summed E-state index contributed by atoms with van der Waals surface area (Å²) in [6.45, 7) is 8.88. The molecule has 3 heteroatoms. The minimum Gasteiger partial charge on any atom is -0.508 e. The average Bonchev–Trinajstić information content (AvgIpc) is 2.35. The molecule has 0 aliphatic heterocycles. The lowest BCUT2D eigenvalue weighted by molar-refractivity contribution is 0.188. The van der Waals surface area contributed by atoms with Gasteiger partial charge in [0.1, 0.15) is 11.5 Å². The van der Waals surface area contributed by atoms with Crippen molar-refractivity contribution in [3.8, 4) is 11.5 Å². The van der Waals surface area contributed by atoms with Crippen molar-refractivity contribution in [3.05, 3.63) is 33.4 Å². The molecule has 1 unspecified atom stereocenters. The summed E-state index contributed by atoms with van der Waals surface area (Å²) in [6, 6.07) is 3.75. The Morgan fingerprint density at radius 3 is 2.75 bits per heavy atom. The van der Waals surface area contributed by atoms with Crippen LogP contribution in [0.1, 0.15) is 38.7 Å². The predicted molar refractivity (Wildman–Crippen MR) is 91.3 cm³/mol. The molecule has 1 aromatic rings. The van der Waals surface area contributed by atoms with Crippen LogP contribution >= 0.6 is 22.6 Å². The quantitative estimate of drug-likeness (QED) is 0.590. The molecule has 1 aromatic carbocycles. The normalized spacial score (nSPS) is 21.8. The zero-order chi connectivity index (χ0) is 14.9. The minimum atomic E-state index is 0.248. The number of ether oxygens (including phenoxy) is 1. The maximum absolute atomic E-state index is 10.2. The number of methoxy groups -OCH3 is 1. The first kappa shape index (κ1) is 15.7. The SMILES string of the molecule is C=C1CCCC(C)(C)C1Cc1cc(OC)c(I)cc1O. The fraction of sp³-hybridized carbons (Fsp3) is 0.529. The second-order valence-corrected chi connectivity index (χ2v) is 7.53. The van der Waals surface area contributed by atoms with Crippen LogP contribution in [-0.2, 0) is 6.42 Å². The molecule has 1 aliphatic carbocycles. The first-order valence-electron chi connectivity index (χ1n) is 7.08. The highest BCUT2D eigenvalue weighted by atomic mass is 127. The molecule has 0 heterocycles. The third kappa shape index (κ3) is 3.13. The lowest BCUT2D eigenvalue weighted by Crippen LogP contribution is -2.31. The largest absolute Gasteiger partial charge is 0.508 e. The number of halogens is 1. The fourth-order valence-electron chi connectivity index (χ4n) is 3.22. The third-order valence-electron chi connectivity index (χ3n) is 4.53. The van der Waals surface area contributed by atoms with Gasteiger partial charge in [-0.1, -0.05) is 26.0 Å². The number of rotatable bonds is 3. The van der Waals surface area contributed by atoms with Crippen LogP contribution in [0.4, 0.5) is 0 Å². The number of hydrogen-bond acceptors (Lipinski definition) is 2. The van der Waals surface area contributed by atoms with Gasteiger partial charge in [0.05, 0.1) is 10.7 Å².